The summed E-state index contributed by atoms with van der Waals surface area (Å²) in [7, 11) is 2.05. The fraction of sp³-hybridized carbons (Fsp3) is 0.917. The van der Waals surface area contributed by atoms with E-state index in [0.717, 1.165) is 19.5 Å². The van der Waals surface area contributed by atoms with Crippen LogP contribution in [0.4, 0.5) is 0 Å². The summed E-state index contributed by atoms with van der Waals surface area (Å²) in [5.41, 5.74) is 0. The summed E-state index contributed by atoms with van der Waals surface area (Å²) >= 11 is 0. The van der Waals surface area contributed by atoms with Crippen molar-refractivity contribution in [1.29, 1.82) is 0 Å². The molecule has 0 atom stereocenters. The minimum Gasteiger partial charge on any atom is -0.355 e. The monoisotopic (exact) mass is 225 g/mol. The zero-order valence-corrected chi connectivity index (χ0v) is 10.2. The Hall–Kier alpha value is -0.610. The number of amides is 1. The van der Waals surface area contributed by atoms with Gasteiger partial charge in [-0.3, -0.25) is 9.69 Å². The van der Waals surface area contributed by atoms with E-state index in [1.165, 1.54) is 25.7 Å². The molecule has 0 unspecified atom stereocenters. The highest BCUT2D eigenvalue weighted by molar-refractivity contribution is 5.78. The maximum Gasteiger partial charge on any atom is 0.234 e. The molecule has 0 aromatic heterocycles. The molecule has 0 radical (unpaired) electrons. The van der Waals surface area contributed by atoms with Crippen molar-refractivity contribution in [2.75, 3.05) is 26.7 Å². The minimum absolute atomic E-state index is 0.202. The van der Waals surface area contributed by atoms with Crippen molar-refractivity contribution in [3.63, 3.8) is 0 Å². The minimum atomic E-state index is 0.202. The van der Waals surface area contributed by atoms with Crippen molar-refractivity contribution in [2.45, 2.75) is 44.2 Å². The SMILES string of the molecule is CNC1CCC(N2CCCNC(=O)C2)CC1. The van der Waals surface area contributed by atoms with E-state index in [9.17, 15) is 4.79 Å². The highest BCUT2D eigenvalue weighted by atomic mass is 16.2. The van der Waals surface area contributed by atoms with Crippen LogP contribution in [-0.4, -0.2) is 49.6 Å². The Balaban J connectivity index is 1.85. The molecule has 0 spiro atoms. The Kier molecular flexibility index (Phi) is 4.18. The summed E-state index contributed by atoms with van der Waals surface area (Å²) < 4.78 is 0. The number of nitrogens with zero attached hydrogens (tertiary/aromatic N) is 1. The second-order valence-corrected chi connectivity index (χ2v) is 4.97. The van der Waals surface area contributed by atoms with Gasteiger partial charge in [-0.15, -0.1) is 0 Å². The Labute approximate surface area is 97.8 Å². The first-order chi connectivity index (χ1) is 7.79. The summed E-state index contributed by atoms with van der Waals surface area (Å²) in [5, 5.41) is 6.29. The first-order valence-electron chi connectivity index (χ1n) is 6.47. The molecule has 1 aliphatic carbocycles. The lowest BCUT2D eigenvalue weighted by molar-refractivity contribution is -0.122. The summed E-state index contributed by atoms with van der Waals surface area (Å²) in [4.78, 5) is 13.9. The maximum atomic E-state index is 11.5. The molecule has 1 saturated heterocycles. The van der Waals surface area contributed by atoms with Crippen LogP contribution in [0, 0.1) is 0 Å². The molecule has 1 saturated carbocycles. The number of carbonyl (C=O) groups excluding carboxylic acids is 1. The van der Waals surface area contributed by atoms with Crippen molar-refractivity contribution in [3.05, 3.63) is 0 Å². The largest absolute Gasteiger partial charge is 0.355 e. The Morgan fingerprint density at radius 3 is 2.75 bits per heavy atom. The lowest BCUT2D eigenvalue weighted by Crippen LogP contribution is -2.44. The fourth-order valence-corrected chi connectivity index (χ4v) is 2.87. The summed E-state index contributed by atoms with van der Waals surface area (Å²) in [6.45, 7) is 2.53. The zero-order valence-electron chi connectivity index (χ0n) is 10.2. The van der Waals surface area contributed by atoms with Gasteiger partial charge in [0.2, 0.25) is 5.91 Å². The number of hydrogen-bond donors (Lipinski definition) is 2. The van der Waals surface area contributed by atoms with Crippen LogP contribution in [0.5, 0.6) is 0 Å². The van der Waals surface area contributed by atoms with Crippen molar-refractivity contribution in [1.82, 2.24) is 15.5 Å². The molecule has 4 heteroatoms. The molecule has 0 aromatic carbocycles. The first kappa shape index (κ1) is 11.9. The summed E-state index contributed by atoms with van der Waals surface area (Å²) in [6.07, 6.45) is 6.06. The molecule has 1 heterocycles. The number of nitrogens with one attached hydrogen (secondary N) is 2. The summed E-state index contributed by atoms with van der Waals surface area (Å²) in [5.74, 6) is 0.202. The van der Waals surface area contributed by atoms with Crippen molar-refractivity contribution >= 4 is 5.91 Å². The van der Waals surface area contributed by atoms with E-state index >= 15 is 0 Å². The molecule has 16 heavy (non-hydrogen) atoms. The van der Waals surface area contributed by atoms with Gasteiger partial charge in [-0.25, -0.2) is 0 Å². The third-order valence-corrected chi connectivity index (χ3v) is 3.91. The average molecular weight is 225 g/mol. The lowest BCUT2D eigenvalue weighted by Gasteiger charge is -2.35. The van der Waals surface area contributed by atoms with Gasteiger partial charge in [0.15, 0.2) is 0 Å². The molecule has 92 valence electrons. The topological polar surface area (TPSA) is 44.4 Å². The van der Waals surface area contributed by atoms with Crippen molar-refractivity contribution in [3.8, 4) is 0 Å². The predicted octanol–water partition coefficient (Wildman–Crippen LogP) is 0.339. The van der Waals surface area contributed by atoms with Crippen LogP contribution < -0.4 is 10.6 Å². The number of hydrogen-bond acceptors (Lipinski definition) is 3. The van der Waals surface area contributed by atoms with E-state index in [0.29, 0.717) is 18.6 Å². The predicted molar refractivity (Wildman–Crippen MR) is 64.3 cm³/mol. The van der Waals surface area contributed by atoms with Crippen LogP contribution in [-0.2, 0) is 4.79 Å². The van der Waals surface area contributed by atoms with Gasteiger partial charge in [0.1, 0.15) is 0 Å². The van der Waals surface area contributed by atoms with Crippen molar-refractivity contribution < 1.29 is 4.79 Å². The first-order valence-corrected chi connectivity index (χ1v) is 6.47. The Bertz CT molecular complexity index is 236. The van der Waals surface area contributed by atoms with Gasteiger partial charge >= 0.3 is 0 Å². The van der Waals surface area contributed by atoms with Gasteiger partial charge in [-0.2, -0.15) is 0 Å². The van der Waals surface area contributed by atoms with Crippen molar-refractivity contribution in [2.24, 2.45) is 0 Å². The number of carbonyl (C=O) groups is 1. The molecule has 4 nitrogen and oxygen atoms in total. The Morgan fingerprint density at radius 2 is 2.06 bits per heavy atom. The van der Waals surface area contributed by atoms with E-state index < -0.39 is 0 Å². The van der Waals surface area contributed by atoms with Gasteiger partial charge in [0.05, 0.1) is 6.54 Å². The standard InChI is InChI=1S/C12H23N3O/c1-13-10-3-5-11(6-4-10)15-8-2-7-14-12(16)9-15/h10-11,13H,2-9H2,1H3,(H,14,16). The molecule has 2 aliphatic rings. The van der Waals surface area contributed by atoms with Gasteiger partial charge in [0, 0.05) is 25.2 Å². The third kappa shape index (κ3) is 2.95. The smallest absolute Gasteiger partial charge is 0.234 e. The molecule has 2 fully saturated rings. The molecular formula is C12H23N3O. The summed E-state index contributed by atoms with van der Waals surface area (Å²) in [6, 6.07) is 1.32. The van der Waals surface area contributed by atoms with Crippen LogP contribution in [0.15, 0.2) is 0 Å². The average Bonchev–Trinajstić information content (AvgIpc) is 2.54. The highest BCUT2D eigenvalue weighted by Gasteiger charge is 2.27. The van der Waals surface area contributed by atoms with E-state index in [-0.39, 0.29) is 5.91 Å². The van der Waals surface area contributed by atoms with Gasteiger partial charge in [-0.1, -0.05) is 0 Å². The third-order valence-electron chi connectivity index (χ3n) is 3.91. The quantitative estimate of drug-likeness (QED) is 0.712. The normalized spacial score (nSPS) is 33.2. The maximum absolute atomic E-state index is 11.5. The van der Waals surface area contributed by atoms with Crippen LogP contribution in [0.2, 0.25) is 0 Å². The van der Waals surface area contributed by atoms with Gasteiger partial charge in [-0.05, 0) is 39.2 Å². The lowest BCUT2D eigenvalue weighted by atomic mass is 9.90. The van der Waals surface area contributed by atoms with Crippen LogP contribution in [0.1, 0.15) is 32.1 Å². The molecule has 0 aromatic rings. The van der Waals surface area contributed by atoms with Crippen LogP contribution >= 0.6 is 0 Å². The van der Waals surface area contributed by atoms with Gasteiger partial charge < -0.3 is 10.6 Å². The van der Waals surface area contributed by atoms with E-state index in [1.54, 1.807) is 0 Å². The van der Waals surface area contributed by atoms with Gasteiger partial charge in [0.25, 0.3) is 0 Å². The number of rotatable bonds is 2. The zero-order chi connectivity index (χ0) is 11.4. The molecule has 2 rings (SSSR count). The second kappa shape index (κ2) is 5.64. The van der Waals surface area contributed by atoms with E-state index in [4.69, 9.17) is 0 Å². The van der Waals surface area contributed by atoms with E-state index in [2.05, 4.69) is 15.5 Å². The molecule has 2 N–H and O–H groups in total. The highest BCUT2D eigenvalue weighted by Crippen LogP contribution is 2.23. The van der Waals surface area contributed by atoms with Crippen LogP contribution in [0.25, 0.3) is 0 Å². The molecule has 1 aliphatic heterocycles. The Morgan fingerprint density at radius 1 is 1.31 bits per heavy atom. The molecule has 0 bridgehead atoms. The fourth-order valence-electron chi connectivity index (χ4n) is 2.87. The van der Waals surface area contributed by atoms with E-state index in [1.807, 2.05) is 7.05 Å². The van der Waals surface area contributed by atoms with Crippen LogP contribution in [0.3, 0.4) is 0 Å². The molecular weight excluding hydrogens is 202 g/mol. The molecule has 1 amide bonds. The second-order valence-electron chi connectivity index (χ2n) is 4.97.